The van der Waals surface area contributed by atoms with E-state index < -0.39 is 18.1 Å². The van der Waals surface area contributed by atoms with Crippen LogP contribution in [0.5, 0.6) is 0 Å². The Balaban J connectivity index is 0.000000828. The van der Waals surface area contributed by atoms with Crippen molar-refractivity contribution in [2.24, 2.45) is 5.92 Å². The van der Waals surface area contributed by atoms with Gasteiger partial charge in [-0.1, -0.05) is 49.6 Å². The third-order valence-electron chi connectivity index (χ3n) is 4.64. The van der Waals surface area contributed by atoms with Crippen LogP contribution < -0.4 is 5.48 Å². The predicted molar refractivity (Wildman–Crippen MR) is 98.5 cm³/mol. The normalized spacial score (nSPS) is 15.0. The molecule has 27 heavy (non-hydrogen) atoms. The van der Waals surface area contributed by atoms with Gasteiger partial charge in [-0.25, -0.2) is 10.3 Å². The molecule has 150 valence electrons. The lowest BCUT2D eigenvalue weighted by molar-refractivity contribution is -0.147. The number of hydrogen-bond donors (Lipinski definition) is 4. The van der Waals surface area contributed by atoms with E-state index in [4.69, 9.17) is 20.2 Å². The van der Waals surface area contributed by atoms with Gasteiger partial charge in [0.1, 0.15) is 6.04 Å². The second-order valence-corrected chi connectivity index (χ2v) is 6.42. The second-order valence-electron chi connectivity index (χ2n) is 6.42. The van der Waals surface area contributed by atoms with E-state index in [1.54, 1.807) is 10.4 Å². The highest BCUT2D eigenvalue weighted by Crippen LogP contribution is 2.26. The minimum absolute atomic E-state index is 0.00784. The maximum Gasteiger partial charge on any atom is 0.503 e. The fourth-order valence-electron chi connectivity index (χ4n) is 3.37. The summed E-state index contributed by atoms with van der Waals surface area (Å²) in [4.78, 5) is 35.2. The summed E-state index contributed by atoms with van der Waals surface area (Å²) in [7, 11) is 0. The highest BCUT2D eigenvalue weighted by atomic mass is 16.6. The van der Waals surface area contributed by atoms with Crippen molar-refractivity contribution < 1.29 is 29.8 Å². The first-order valence-corrected chi connectivity index (χ1v) is 9.10. The molecule has 2 rings (SSSR count). The van der Waals surface area contributed by atoms with E-state index in [1.165, 1.54) is 6.42 Å². The maximum atomic E-state index is 12.8. The molecule has 0 aromatic heterocycles. The van der Waals surface area contributed by atoms with Gasteiger partial charge in [-0.3, -0.25) is 14.8 Å². The summed E-state index contributed by atoms with van der Waals surface area (Å²) >= 11 is 0. The molecule has 1 aliphatic rings. The molecule has 1 saturated carbocycles. The Kier molecular flexibility index (Phi) is 9.89. The molecule has 1 fully saturated rings. The van der Waals surface area contributed by atoms with Gasteiger partial charge in [0.25, 0.3) is 5.91 Å². The molecule has 1 unspecified atom stereocenters. The molecule has 2 amide bonds. The predicted octanol–water partition coefficient (Wildman–Crippen LogP) is 2.75. The Bertz CT molecular complexity index is 597. The van der Waals surface area contributed by atoms with Crippen molar-refractivity contribution in [3.8, 4) is 0 Å². The van der Waals surface area contributed by atoms with Crippen LogP contribution in [0.1, 0.15) is 44.6 Å². The minimum atomic E-state index is -1.83. The number of carboxylic acid groups (broad SMARTS) is 2. The van der Waals surface area contributed by atoms with Crippen LogP contribution in [0.3, 0.4) is 0 Å². The summed E-state index contributed by atoms with van der Waals surface area (Å²) < 4.78 is 0. The lowest BCUT2D eigenvalue weighted by atomic mass is 9.87. The Hall–Kier alpha value is -2.61. The summed E-state index contributed by atoms with van der Waals surface area (Å²) in [6.45, 7) is 2.34. The molecule has 0 spiro atoms. The molecule has 1 aliphatic carbocycles. The number of benzene rings is 1. The fraction of sp³-hybridized carbons (Fsp3) is 0.526. The van der Waals surface area contributed by atoms with Crippen LogP contribution in [-0.2, 0) is 16.0 Å². The van der Waals surface area contributed by atoms with Crippen LogP contribution in [0.15, 0.2) is 30.3 Å². The lowest BCUT2D eigenvalue weighted by Crippen LogP contribution is -2.52. The zero-order chi connectivity index (χ0) is 20.2. The average Bonchev–Trinajstić information content (AvgIpc) is 2.68. The number of rotatable bonds is 6. The van der Waals surface area contributed by atoms with E-state index in [9.17, 15) is 9.59 Å². The number of nitrogens with one attached hydrogen (secondary N) is 1. The van der Waals surface area contributed by atoms with E-state index in [0.29, 0.717) is 13.0 Å². The van der Waals surface area contributed by atoms with Gasteiger partial charge in [-0.05, 0) is 25.3 Å². The number of carbonyl (C=O) groups is 3. The number of carbonyl (C=O) groups excluding carboxylic acids is 2. The van der Waals surface area contributed by atoms with E-state index in [2.05, 4.69) is 0 Å². The number of hydrogen-bond acceptors (Lipinski definition) is 4. The van der Waals surface area contributed by atoms with Crippen molar-refractivity contribution in [1.82, 2.24) is 10.4 Å². The SMILES string of the molecule is CCN(C(=O)C1CCCCC1)C(Cc1ccccc1)C(=O)NO.O=C(O)O. The second kappa shape index (κ2) is 11.9. The van der Waals surface area contributed by atoms with Gasteiger partial charge < -0.3 is 15.1 Å². The van der Waals surface area contributed by atoms with E-state index in [0.717, 1.165) is 31.2 Å². The van der Waals surface area contributed by atoms with Crippen LogP contribution in [-0.4, -0.2) is 50.9 Å². The zero-order valence-electron chi connectivity index (χ0n) is 15.5. The smallest absolute Gasteiger partial charge is 0.450 e. The highest BCUT2D eigenvalue weighted by Gasteiger charge is 2.33. The van der Waals surface area contributed by atoms with Gasteiger partial charge in [0.2, 0.25) is 5.91 Å². The van der Waals surface area contributed by atoms with Gasteiger partial charge in [0, 0.05) is 18.9 Å². The molecule has 1 aromatic rings. The summed E-state index contributed by atoms with van der Waals surface area (Å²) in [5.41, 5.74) is 2.69. The molecule has 0 radical (unpaired) electrons. The molecule has 0 aliphatic heterocycles. The summed E-state index contributed by atoms with van der Waals surface area (Å²) in [5.74, 6) is -0.481. The van der Waals surface area contributed by atoms with Crippen LogP contribution in [0.2, 0.25) is 0 Å². The van der Waals surface area contributed by atoms with Gasteiger partial charge in [0.05, 0.1) is 0 Å². The zero-order valence-corrected chi connectivity index (χ0v) is 15.5. The summed E-state index contributed by atoms with van der Waals surface area (Å²) in [5, 5.41) is 23.0. The molecule has 8 heteroatoms. The largest absolute Gasteiger partial charge is 0.503 e. The molecular weight excluding hydrogens is 352 g/mol. The summed E-state index contributed by atoms with van der Waals surface area (Å²) in [6.07, 6.45) is 3.69. The number of hydroxylamine groups is 1. The third-order valence-corrected chi connectivity index (χ3v) is 4.64. The fourth-order valence-corrected chi connectivity index (χ4v) is 3.37. The first-order chi connectivity index (χ1) is 12.9. The van der Waals surface area contributed by atoms with E-state index in [1.807, 2.05) is 37.3 Å². The maximum absolute atomic E-state index is 12.8. The van der Waals surface area contributed by atoms with Gasteiger partial charge in [0.15, 0.2) is 0 Å². The molecule has 4 N–H and O–H groups in total. The van der Waals surface area contributed by atoms with Crippen LogP contribution in [0, 0.1) is 5.92 Å². The molecule has 1 atom stereocenters. The van der Waals surface area contributed by atoms with E-state index in [-0.39, 0.29) is 11.8 Å². The minimum Gasteiger partial charge on any atom is -0.450 e. The number of likely N-dealkylation sites (N-methyl/N-ethyl adjacent to an activating group) is 1. The molecule has 8 nitrogen and oxygen atoms in total. The van der Waals surface area contributed by atoms with Crippen molar-refractivity contribution in [3.05, 3.63) is 35.9 Å². The number of amides is 2. The number of nitrogens with zero attached hydrogens (tertiary/aromatic N) is 1. The Morgan fingerprint density at radius 1 is 1.11 bits per heavy atom. The Morgan fingerprint density at radius 2 is 1.67 bits per heavy atom. The quantitative estimate of drug-likeness (QED) is 0.444. The molecule has 0 bridgehead atoms. The average molecular weight is 380 g/mol. The first kappa shape index (κ1) is 22.4. The topological polar surface area (TPSA) is 127 Å². The molecule has 0 saturated heterocycles. The standard InChI is InChI=1S/C18H26N2O3.CH2O3/c1-2-20(18(22)15-11-7-4-8-12-15)16(17(21)19-23)13-14-9-5-3-6-10-14;2-1(3)4/h3,5-6,9-10,15-16,23H,2,4,7-8,11-13H2,1H3,(H,19,21);(H2,2,3,4). The van der Waals surface area contributed by atoms with Crippen molar-refractivity contribution >= 4 is 18.0 Å². The third kappa shape index (κ3) is 7.65. The Morgan fingerprint density at radius 3 is 2.15 bits per heavy atom. The van der Waals surface area contributed by atoms with Crippen molar-refractivity contribution in [2.75, 3.05) is 6.54 Å². The van der Waals surface area contributed by atoms with Gasteiger partial charge >= 0.3 is 6.16 Å². The summed E-state index contributed by atoms with van der Waals surface area (Å²) in [6, 6.07) is 8.90. The van der Waals surface area contributed by atoms with Crippen molar-refractivity contribution in [3.63, 3.8) is 0 Å². The van der Waals surface area contributed by atoms with Crippen LogP contribution in [0.25, 0.3) is 0 Å². The lowest BCUT2D eigenvalue weighted by Gasteiger charge is -2.33. The monoisotopic (exact) mass is 380 g/mol. The molecule has 0 heterocycles. The van der Waals surface area contributed by atoms with Crippen LogP contribution >= 0.6 is 0 Å². The Labute approximate surface area is 158 Å². The van der Waals surface area contributed by atoms with Gasteiger partial charge in [-0.2, -0.15) is 0 Å². The first-order valence-electron chi connectivity index (χ1n) is 9.10. The molecule has 1 aromatic carbocycles. The van der Waals surface area contributed by atoms with Crippen molar-refractivity contribution in [2.45, 2.75) is 51.5 Å². The highest BCUT2D eigenvalue weighted by molar-refractivity contribution is 5.88. The van der Waals surface area contributed by atoms with Crippen molar-refractivity contribution in [1.29, 1.82) is 0 Å². The van der Waals surface area contributed by atoms with Gasteiger partial charge in [-0.15, -0.1) is 0 Å². The van der Waals surface area contributed by atoms with E-state index >= 15 is 0 Å². The molecular formula is C19H28N2O6. The van der Waals surface area contributed by atoms with Crippen LogP contribution in [0.4, 0.5) is 4.79 Å².